The molecule has 1 aliphatic rings. The highest BCUT2D eigenvalue weighted by Gasteiger charge is 2.23. The van der Waals surface area contributed by atoms with E-state index in [0.717, 1.165) is 11.4 Å². The average molecular weight is 263 g/mol. The van der Waals surface area contributed by atoms with Crippen LogP contribution in [0.4, 0.5) is 11.4 Å². The minimum atomic E-state index is -0.805. The zero-order valence-electron chi connectivity index (χ0n) is 10.7. The number of aliphatic hydroxyl groups excluding tert-OH is 2. The Kier molecular flexibility index (Phi) is 4.13. The van der Waals surface area contributed by atoms with Gasteiger partial charge in [-0.1, -0.05) is 6.07 Å². The van der Waals surface area contributed by atoms with Gasteiger partial charge in [-0.2, -0.15) is 0 Å². The fraction of sp³-hybridized carbons (Fsp3) is 0.385. The van der Waals surface area contributed by atoms with Crippen molar-refractivity contribution in [2.45, 2.75) is 13.0 Å². The topological polar surface area (TPSA) is 85.2 Å². The molecular formula is C13H17N3O3. The Morgan fingerprint density at radius 2 is 2.32 bits per heavy atom. The van der Waals surface area contributed by atoms with Gasteiger partial charge < -0.3 is 15.5 Å². The molecule has 0 aliphatic carbocycles. The van der Waals surface area contributed by atoms with Crippen molar-refractivity contribution in [1.29, 1.82) is 0 Å². The normalized spacial score (nSPS) is 16.5. The maximum Gasteiger partial charge on any atom is 0.254 e. The van der Waals surface area contributed by atoms with E-state index in [1.807, 2.05) is 24.3 Å². The zero-order valence-corrected chi connectivity index (χ0v) is 10.7. The summed E-state index contributed by atoms with van der Waals surface area (Å²) in [6.07, 6.45) is -0.805. The van der Waals surface area contributed by atoms with Crippen LogP contribution in [-0.4, -0.2) is 47.8 Å². The predicted molar refractivity (Wildman–Crippen MR) is 73.5 cm³/mol. The van der Waals surface area contributed by atoms with Gasteiger partial charge in [-0.15, -0.1) is 0 Å². The highest BCUT2D eigenvalue weighted by atomic mass is 16.3. The van der Waals surface area contributed by atoms with Crippen LogP contribution in [0.1, 0.15) is 6.92 Å². The molecule has 1 aromatic carbocycles. The molecule has 6 nitrogen and oxygen atoms in total. The molecule has 1 aromatic rings. The molecule has 6 heteroatoms. The van der Waals surface area contributed by atoms with Crippen LogP contribution in [0.3, 0.4) is 0 Å². The summed E-state index contributed by atoms with van der Waals surface area (Å²) in [6, 6.07) is 7.30. The first-order valence-corrected chi connectivity index (χ1v) is 6.08. The number of carbonyl (C=O) groups excluding carboxylic acids is 1. The van der Waals surface area contributed by atoms with Crippen LogP contribution in [0.15, 0.2) is 29.3 Å². The van der Waals surface area contributed by atoms with E-state index in [0.29, 0.717) is 5.84 Å². The number of nitrogens with one attached hydrogen (secondary N) is 1. The predicted octanol–water partition coefficient (Wildman–Crippen LogP) is 0.217. The number of hydrogen-bond donors (Lipinski definition) is 3. The van der Waals surface area contributed by atoms with Crippen molar-refractivity contribution in [1.82, 2.24) is 0 Å². The summed E-state index contributed by atoms with van der Waals surface area (Å²) in [5, 5.41) is 21.0. The molecule has 0 saturated carbocycles. The minimum Gasteiger partial charge on any atom is -0.394 e. The number of aliphatic hydroxyl groups is 2. The lowest BCUT2D eigenvalue weighted by molar-refractivity contribution is -0.115. The molecule has 1 heterocycles. The van der Waals surface area contributed by atoms with Gasteiger partial charge in [-0.05, 0) is 25.1 Å². The van der Waals surface area contributed by atoms with Gasteiger partial charge in [-0.25, -0.2) is 0 Å². The van der Waals surface area contributed by atoms with Crippen molar-refractivity contribution in [2.24, 2.45) is 4.99 Å². The summed E-state index contributed by atoms with van der Waals surface area (Å²) in [5.74, 6) is 0.627. The molecule has 3 N–H and O–H groups in total. The summed E-state index contributed by atoms with van der Waals surface area (Å²) >= 11 is 0. The first-order valence-electron chi connectivity index (χ1n) is 6.08. The van der Waals surface area contributed by atoms with Crippen LogP contribution in [-0.2, 0) is 4.79 Å². The van der Waals surface area contributed by atoms with E-state index in [1.54, 1.807) is 11.8 Å². The van der Waals surface area contributed by atoms with Gasteiger partial charge in [0.1, 0.15) is 12.4 Å². The number of aliphatic imine (C=N–C) groups is 1. The number of nitrogens with zero attached hydrogens (tertiary/aromatic N) is 2. The number of rotatable bonds is 5. The van der Waals surface area contributed by atoms with Gasteiger partial charge in [0.25, 0.3) is 5.91 Å². The van der Waals surface area contributed by atoms with E-state index in [1.165, 1.54) is 0 Å². The van der Waals surface area contributed by atoms with Gasteiger partial charge in [0.2, 0.25) is 0 Å². The van der Waals surface area contributed by atoms with Gasteiger partial charge in [0.05, 0.1) is 18.4 Å². The molecule has 0 radical (unpaired) electrons. The van der Waals surface area contributed by atoms with Crippen molar-refractivity contribution in [3.63, 3.8) is 0 Å². The van der Waals surface area contributed by atoms with Crippen LogP contribution in [0.5, 0.6) is 0 Å². The summed E-state index contributed by atoms with van der Waals surface area (Å²) in [4.78, 5) is 17.4. The second-order valence-electron chi connectivity index (χ2n) is 4.36. The number of amidine groups is 1. The molecule has 1 amide bonds. The molecule has 1 atom stereocenters. The number of hydrogen-bond acceptors (Lipinski definition) is 5. The first kappa shape index (κ1) is 13.5. The average Bonchev–Trinajstić information content (AvgIpc) is 2.75. The Labute approximate surface area is 111 Å². The highest BCUT2D eigenvalue weighted by Crippen LogP contribution is 2.22. The van der Waals surface area contributed by atoms with E-state index < -0.39 is 6.10 Å². The number of amides is 1. The smallest absolute Gasteiger partial charge is 0.254 e. The van der Waals surface area contributed by atoms with E-state index in [2.05, 4.69) is 10.3 Å². The third-order valence-corrected chi connectivity index (χ3v) is 2.87. The molecule has 1 unspecified atom stereocenters. The number of carbonyl (C=O) groups is 1. The lowest BCUT2D eigenvalue weighted by Gasteiger charge is -2.18. The summed E-state index contributed by atoms with van der Waals surface area (Å²) < 4.78 is 0. The third kappa shape index (κ3) is 3.10. The lowest BCUT2D eigenvalue weighted by Crippen LogP contribution is -2.30. The summed E-state index contributed by atoms with van der Waals surface area (Å²) in [7, 11) is 0. The lowest BCUT2D eigenvalue weighted by atomic mass is 10.2. The second kappa shape index (κ2) is 5.81. The molecule has 0 saturated heterocycles. The fourth-order valence-electron chi connectivity index (χ4n) is 1.89. The maximum atomic E-state index is 11.7. The van der Waals surface area contributed by atoms with Crippen LogP contribution in [0.2, 0.25) is 0 Å². The summed E-state index contributed by atoms with van der Waals surface area (Å²) in [6.45, 7) is 1.94. The highest BCUT2D eigenvalue weighted by molar-refractivity contribution is 6.20. The number of benzene rings is 1. The van der Waals surface area contributed by atoms with E-state index >= 15 is 0 Å². The van der Waals surface area contributed by atoms with E-state index in [-0.39, 0.29) is 25.6 Å². The molecule has 0 fully saturated rings. The Balaban J connectivity index is 2.11. The van der Waals surface area contributed by atoms with Crippen LogP contribution in [0.25, 0.3) is 0 Å². The third-order valence-electron chi connectivity index (χ3n) is 2.87. The van der Waals surface area contributed by atoms with Gasteiger partial charge in [0.15, 0.2) is 0 Å². The van der Waals surface area contributed by atoms with Crippen molar-refractivity contribution >= 4 is 23.1 Å². The fourth-order valence-corrected chi connectivity index (χ4v) is 1.89. The van der Waals surface area contributed by atoms with Gasteiger partial charge >= 0.3 is 0 Å². The Bertz CT molecular complexity index is 502. The standard InChI is InChI=1S/C13H17N3O3/c1-9-14-7-13(19)16(9)11-4-2-3-10(5-11)15-6-12(18)8-17/h2-5,12,15,17-18H,6-8H2,1H3. The molecular weight excluding hydrogens is 246 g/mol. The Morgan fingerprint density at radius 1 is 1.53 bits per heavy atom. The van der Waals surface area contributed by atoms with Crippen LogP contribution < -0.4 is 10.2 Å². The first-order chi connectivity index (χ1) is 9.11. The van der Waals surface area contributed by atoms with Gasteiger partial charge in [0, 0.05) is 12.2 Å². The molecule has 1 aliphatic heterocycles. The van der Waals surface area contributed by atoms with Crippen LogP contribution in [0, 0.1) is 0 Å². The quantitative estimate of drug-likeness (QED) is 0.709. The molecule has 0 spiro atoms. The van der Waals surface area contributed by atoms with Crippen molar-refractivity contribution in [2.75, 3.05) is 29.9 Å². The summed E-state index contributed by atoms with van der Waals surface area (Å²) in [5.41, 5.74) is 1.52. The van der Waals surface area contributed by atoms with Crippen molar-refractivity contribution < 1.29 is 15.0 Å². The largest absolute Gasteiger partial charge is 0.394 e. The molecule has 0 bridgehead atoms. The van der Waals surface area contributed by atoms with Gasteiger partial charge in [-0.3, -0.25) is 14.7 Å². The Morgan fingerprint density at radius 3 is 2.95 bits per heavy atom. The Hall–Kier alpha value is -1.92. The zero-order chi connectivity index (χ0) is 13.8. The SMILES string of the molecule is CC1=NCC(=O)N1c1cccc(NCC(O)CO)c1. The van der Waals surface area contributed by atoms with Crippen molar-refractivity contribution in [3.05, 3.63) is 24.3 Å². The monoisotopic (exact) mass is 263 g/mol. The molecule has 0 aromatic heterocycles. The van der Waals surface area contributed by atoms with Crippen molar-refractivity contribution in [3.8, 4) is 0 Å². The number of anilines is 2. The molecule has 2 rings (SSSR count). The minimum absolute atomic E-state index is 0.0509. The molecule has 102 valence electrons. The molecule has 19 heavy (non-hydrogen) atoms. The van der Waals surface area contributed by atoms with Crippen LogP contribution >= 0.6 is 0 Å². The van der Waals surface area contributed by atoms with E-state index in [9.17, 15) is 9.90 Å². The maximum absolute atomic E-state index is 11.7. The second-order valence-corrected chi connectivity index (χ2v) is 4.36. The van der Waals surface area contributed by atoms with E-state index in [4.69, 9.17) is 5.11 Å².